The fourth-order valence-electron chi connectivity index (χ4n) is 4.34. The zero-order valence-electron chi connectivity index (χ0n) is 20.8. The summed E-state index contributed by atoms with van der Waals surface area (Å²) >= 11 is 0. The first-order valence-corrected chi connectivity index (χ1v) is 12.6. The molecule has 0 bridgehead atoms. The van der Waals surface area contributed by atoms with E-state index >= 15 is 0 Å². The van der Waals surface area contributed by atoms with Gasteiger partial charge in [-0.05, 0) is 24.6 Å². The minimum Gasteiger partial charge on any atom is -0.486 e. The van der Waals surface area contributed by atoms with Gasteiger partial charge < -0.3 is 24.8 Å². The molecule has 5 rings (SSSR count). The second-order valence-corrected chi connectivity index (χ2v) is 9.10. The van der Waals surface area contributed by atoms with Crippen LogP contribution in [-0.2, 0) is 14.3 Å². The van der Waals surface area contributed by atoms with E-state index in [2.05, 4.69) is 25.5 Å². The van der Waals surface area contributed by atoms with Crippen molar-refractivity contribution in [1.82, 2.24) is 14.9 Å². The largest absolute Gasteiger partial charge is 0.486 e. The van der Waals surface area contributed by atoms with Crippen molar-refractivity contribution in [2.24, 2.45) is 0 Å². The number of hydrogen-bond donors (Lipinski definition) is 2. The molecule has 2 fully saturated rings. The maximum absolute atomic E-state index is 13.8. The zero-order chi connectivity index (χ0) is 26.3. The molecule has 9 nitrogen and oxygen atoms in total. The SMILES string of the molecule is O=C(C=CCN1CCCOCC1)Nc1cc2c(Nc3ccc(F)c(F)c3)ncnc2cc1O[C@H]1CCOC1. The quantitative estimate of drug-likeness (QED) is 0.426. The second-order valence-electron chi connectivity index (χ2n) is 9.10. The second kappa shape index (κ2) is 12.2. The smallest absolute Gasteiger partial charge is 0.248 e. The van der Waals surface area contributed by atoms with E-state index in [-0.39, 0.29) is 12.0 Å². The van der Waals surface area contributed by atoms with Crippen LogP contribution in [0, 0.1) is 11.6 Å². The molecule has 0 unspecified atom stereocenters. The zero-order valence-corrected chi connectivity index (χ0v) is 20.8. The number of hydrogen-bond acceptors (Lipinski definition) is 8. The highest BCUT2D eigenvalue weighted by Crippen LogP contribution is 2.34. The predicted octanol–water partition coefficient (Wildman–Crippen LogP) is 4.04. The molecule has 0 saturated carbocycles. The van der Waals surface area contributed by atoms with E-state index in [1.165, 1.54) is 18.5 Å². The lowest BCUT2D eigenvalue weighted by Crippen LogP contribution is -2.26. The normalized spacial score (nSPS) is 18.5. The lowest BCUT2D eigenvalue weighted by molar-refractivity contribution is -0.111. The van der Waals surface area contributed by atoms with Crippen LogP contribution in [0.4, 0.5) is 26.0 Å². The van der Waals surface area contributed by atoms with Crippen LogP contribution in [0.3, 0.4) is 0 Å². The third-order valence-electron chi connectivity index (χ3n) is 6.31. The van der Waals surface area contributed by atoms with Crippen LogP contribution < -0.4 is 15.4 Å². The molecule has 2 aliphatic heterocycles. The van der Waals surface area contributed by atoms with Crippen LogP contribution in [0.2, 0.25) is 0 Å². The van der Waals surface area contributed by atoms with Gasteiger partial charge in [0.1, 0.15) is 24.0 Å². The van der Waals surface area contributed by atoms with E-state index in [4.69, 9.17) is 14.2 Å². The van der Waals surface area contributed by atoms with Crippen molar-refractivity contribution < 1.29 is 27.8 Å². The van der Waals surface area contributed by atoms with Gasteiger partial charge in [-0.15, -0.1) is 0 Å². The highest BCUT2D eigenvalue weighted by Gasteiger charge is 2.21. The Morgan fingerprint density at radius 2 is 2.03 bits per heavy atom. The van der Waals surface area contributed by atoms with Crippen LogP contribution in [-0.4, -0.2) is 72.9 Å². The summed E-state index contributed by atoms with van der Waals surface area (Å²) < 4.78 is 44.2. The Kier molecular flexibility index (Phi) is 8.37. The Morgan fingerprint density at radius 1 is 1.11 bits per heavy atom. The highest BCUT2D eigenvalue weighted by atomic mass is 19.2. The van der Waals surface area contributed by atoms with Crippen molar-refractivity contribution in [3.8, 4) is 5.75 Å². The number of rotatable bonds is 8. The Bertz CT molecular complexity index is 1310. The number of ether oxygens (including phenoxy) is 3. The number of halogens is 2. The Balaban J connectivity index is 1.39. The van der Waals surface area contributed by atoms with Crippen LogP contribution in [0.15, 0.2) is 48.8 Å². The van der Waals surface area contributed by atoms with E-state index in [1.54, 1.807) is 12.1 Å². The predicted molar refractivity (Wildman–Crippen MR) is 139 cm³/mol. The Morgan fingerprint density at radius 3 is 2.87 bits per heavy atom. The third kappa shape index (κ3) is 6.60. The molecule has 1 atom stereocenters. The number of carbonyl (C=O) groups excluding carboxylic acids is 1. The van der Waals surface area contributed by atoms with Gasteiger partial charge in [-0.25, -0.2) is 18.7 Å². The summed E-state index contributed by atoms with van der Waals surface area (Å²) in [5.74, 6) is -1.41. The maximum atomic E-state index is 13.8. The number of carbonyl (C=O) groups is 1. The van der Waals surface area contributed by atoms with Gasteiger partial charge in [-0.1, -0.05) is 6.08 Å². The van der Waals surface area contributed by atoms with Crippen molar-refractivity contribution in [2.45, 2.75) is 18.9 Å². The first-order valence-electron chi connectivity index (χ1n) is 12.6. The monoisotopic (exact) mass is 525 g/mol. The molecular weight excluding hydrogens is 496 g/mol. The van der Waals surface area contributed by atoms with Crippen molar-refractivity contribution in [3.05, 3.63) is 60.4 Å². The lowest BCUT2D eigenvalue weighted by atomic mass is 10.1. The van der Waals surface area contributed by atoms with Gasteiger partial charge in [0.15, 0.2) is 11.6 Å². The van der Waals surface area contributed by atoms with E-state index < -0.39 is 11.6 Å². The molecule has 0 aliphatic carbocycles. The van der Waals surface area contributed by atoms with Gasteiger partial charge in [0, 0.05) is 61.9 Å². The van der Waals surface area contributed by atoms with E-state index in [0.29, 0.717) is 60.2 Å². The fourth-order valence-corrected chi connectivity index (χ4v) is 4.34. The van der Waals surface area contributed by atoms with Crippen LogP contribution in [0.1, 0.15) is 12.8 Å². The van der Waals surface area contributed by atoms with Crippen molar-refractivity contribution in [2.75, 3.05) is 56.7 Å². The summed E-state index contributed by atoms with van der Waals surface area (Å²) in [5, 5.41) is 6.48. The van der Waals surface area contributed by atoms with Crippen molar-refractivity contribution in [3.63, 3.8) is 0 Å². The molecule has 2 N–H and O–H groups in total. The fraction of sp³-hybridized carbons (Fsp3) is 0.370. The molecular formula is C27H29F2N5O4. The molecule has 0 spiro atoms. The Labute approximate surface area is 218 Å². The maximum Gasteiger partial charge on any atom is 0.248 e. The number of fused-ring (bicyclic) bond motifs is 1. The Hall–Kier alpha value is -3.67. The molecule has 3 heterocycles. The minimum atomic E-state index is -0.977. The summed E-state index contributed by atoms with van der Waals surface area (Å²) in [7, 11) is 0. The minimum absolute atomic E-state index is 0.148. The summed E-state index contributed by atoms with van der Waals surface area (Å²) in [6.45, 7) is 4.90. The van der Waals surface area contributed by atoms with Gasteiger partial charge in [0.25, 0.3) is 0 Å². The molecule has 2 aliphatic rings. The number of anilines is 3. The number of benzene rings is 2. The van der Waals surface area contributed by atoms with Gasteiger partial charge in [-0.2, -0.15) is 0 Å². The summed E-state index contributed by atoms with van der Waals surface area (Å²) in [4.78, 5) is 23.7. The molecule has 3 aromatic rings. The van der Waals surface area contributed by atoms with Gasteiger partial charge in [-0.3, -0.25) is 9.69 Å². The number of nitrogens with one attached hydrogen (secondary N) is 2. The first-order chi connectivity index (χ1) is 18.5. The van der Waals surface area contributed by atoms with E-state index in [0.717, 1.165) is 44.7 Å². The molecule has 38 heavy (non-hydrogen) atoms. The van der Waals surface area contributed by atoms with Gasteiger partial charge >= 0.3 is 0 Å². The molecule has 2 saturated heterocycles. The third-order valence-corrected chi connectivity index (χ3v) is 6.31. The standard InChI is InChI=1S/C27H29F2N5O4/c28-21-5-4-18(13-22(21)29)32-27-20-14-24(33-26(35)3-1-7-34-8-2-10-36-12-9-34)25(15-23(20)30-17-31-27)38-19-6-11-37-16-19/h1,3-5,13-15,17,19H,2,6-12,16H2,(H,33,35)(H,30,31,32)/t19-/m0/s1. The van der Waals surface area contributed by atoms with Crippen molar-refractivity contribution in [1.29, 1.82) is 0 Å². The molecule has 0 radical (unpaired) electrons. The number of amides is 1. The molecule has 200 valence electrons. The summed E-state index contributed by atoms with van der Waals surface area (Å²) in [5.41, 5.74) is 1.31. The van der Waals surface area contributed by atoms with Gasteiger partial charge in [0.05, 0.1) is 31.0 Å². The molecule has 1 amide bonds. The number of aromatic nitrogens is 2. The summed E-state index contributed by atoms with van der Waals surface area (Å²) in [6.07, 6.45) is 6.24. The topological polar surface area (TPSA) is 97.8 Å². The summed E-state index contributed by atoms with van der Waals surface area (Å²) in [6, 6.07) is 6.93. The van der Waals surface area contributed by atoms with Crippen molar-refractivity contribution >= 4 is 34.0 Å². The molecule has 1 aromatic heterocycles. The average molecular weight is 526 g/mol. The van der Waals surface area contributed by atoms with Crippen LogP contribution >= 0.6 is 0 Å². The van der Waals surface area contributed by atoms with Gasteiger partial charge in [0.2, 0.25) is 5.91 Å². The lowest BCUT2D eigenvalue weighted by Gasteiger charge is -2.18. The van der Waals surface area contributed by atoms with Crippen LogP contribution in [0.5, 0.6) is 5.75 Å². The van der Waals surface area contributed by atoms with Crippen LogP contribution in [0.25, 0.3) is 10.9 Å². The van der Waals surface area contributed by atoms with E-state index in [1.807, 2.05) is 6.08 Å². The average Bonchev–Trinajstić information content (AvgIpc) is 3.28. The van der Waals surface area contributed by atoms with E-state index in [9.17, 15) is 13.6 Å². The first kappa shape index (κ1) is 26.0. The molecule has 2 aromatic carbocycles. The number of nitrogens with zero attached hydrogens (tertiary/aromatic N) is 3. The highest BCUT2D eigenvalue weighted by molar-refractivity contribution is 6.03. The molecule has 11 heteroatoms.